The van der Waals surface area contributed by atoms with E-state index in [9.17, 15) is 17.6 Å². The van der Waals surface area contributed by atoms with E-state index in [4.69, 9.17) is 4.74 Å². The smallest absolute Gasteiger partial charge is 0.325 e. The van der Waals surface area contributed by atoms with Gasteiger partial charge in [-0.05, 0) is 48.9 Å². The van der Waals surface area contributed by atoms with Crippen molar-refractivity contribution in [3.8, 4) is 0 Å². The number of hydrogen-bond donors (Lipinski definition) is 0. The second-order valence-corrected chi connectivity index (χ2v) is 9.38. The highest BCUT2D eigenvalue weighted by Crippen LogP contribution is 2.41. The van der Waals surface area contributed by atoms with E-state index in [1.54, 1.807) is 54.1 Å². The van der Waals surface area contributed by atoms with Crippen LogP contribution in [0.5, 0.6) is 0 Å². The van der Waals surface area contributed by atoms with Gasteiger partial charge in [0.15, 0.2) is 9.84 Å². The Morgan fingerprint density at radius 3 is 2.53 bits per heavy atom. The lowest BCUT2D eigenvalue weighted by molar-refractivity contribution is -0.141. The van der Waals surface area contributed by atoms with E-state index < -0.39 is 26.9 Å². The molecule has 2 aromatic carbocycles. The fourth-order valence-electron chi connectivity index (χ4n) is 3.99. The average molecular weight is 453 g/mol. The third-order valence-electron chi connectivity index (χ3n) is 5.48. The third kappa shape index (κ3) is 3.78. The Kier molecular flexibility index (Phi) is 5.80. The predicted molar refractivity (Wildman–Crippen MR) is 118 cm³/mol. The van der Waals surface area contributed by atoms with E-state index in [2.05, 4.69) is 4.98 Å². The molecule has 0 bridgehead atoms. The molecule has 0 saturated heterocycles. The molecule has 6 nitrogen and oxygen atoms in total. The van der Waals surface area contributed by atoms with Crippen LogP contribution in [0.25, 0.3) is 10.9 Å². The summed E-state index contributed by atoms with van der Waals surface area (Å²) in [5.74, 6) is -0.999. The number of pyridine rings is 1. The lowest BCUT2D eigenvalue weighted by Gasteiger charge is -2.19. The molecule has 0 N–H and O–H groups in total. The molecule has 32 heavy (non-hydrogen) atoms. The number of nitrogens with zero attached hydrogens (tertiary/aromatic N) is 2. The molecule has 164 valence electrons. The summed E-state index contributed by atoms with van der Waals surface area (Å²) in [7, 11) is -2.67. The Balaban J connectivity index is 2.06. The highest BCUT2D eigenvalue weighted by atomic mass is 32.2. The number of halogens is 1. The molecule has 0 aliphatic heterocycles. The molecule has 4 rings (SSSR count). The first-order valence-electron chi connectivity index (χ1n) is 9.88. The summed E-state index contributed by atoms with van der Waals surface area (Å²) >= 11 is 0. The van der Waals surface area contributed by atoms with Gasteiger partial charge in [-0.2, -0.15) is 0 Å². The summed E-state index contributed by atoms with van der Waals surface area (Å²) in [6.45, 7) is 1.59. The van der Waals surface area contributed by atoms with Crippen LogP contribution in [-0.4, -0.2) is 31.0 Å². The van der Waals surface area contributed by atoms with Crippen molar-refractivity contribution < 1.29 is 22.3 Å². The second kappa shape index (κ2) is 8.55. The first kappa shape index (κ1) is 21.7. The van der Waals surface area contributed by atoms with Gasteiger partial charge in [-0.25, -0.2) is 12.8 Å². The highest BCUT2D eigenvalue weighted by Gasteiger charge is 2.35. The topological polar surface area (TPSA) is 78.3 Å². The van der Waals surface area contributed by atoms with Gasteiger partial charge in [-0.1, -0.05) is 24.3 Å². The lowest BCUT2D eigenvalue weighted by atomic mass is 10.0. The van der Waals surface area contributed by atoms with Crippen LogP contribution in [-0.2, 0) is 25.9 Å². The third-order valence-corrected chi connectivity index (χ3v) is 7.54. The zero-order valence-electron chi connectivity index (χ0n) is 17.5. The molecule has 1 atom stereocenters. The van der Waals surface area contributed by atoms with Crippen LogP contribution >= 0.6 is 0 Å². The van der Waals surface area contributed by atoms with Crippen LogP contribution in [0.1, 0.15) is 22.1 Å². The van der Waals surface area contributed by atoms with Gasteiger partial charge in [0, 0.05) is 34.6 Å². The van der Waals surface area contributed by atoms with Gasteiger partial charge in [0.2, 0.25) is 0 Å². The number of sulfone groups is 1. The summed E-state index contributed by atoms with van der Waals surface area (Å²) < 4.78 is 48.5. The Bertz CT molecular complexity index is 1380. The fourth-order valence-corrected chi connectivity index (χ4v) is 5.90. The Hall–Kier alpha value is -3.52. The lowest BCUT2D eigenvalue weighted by Crippen LogP contribution is -2.17. The Labute approximate surface area is 185 Å². The molecule has 2 heterocycles. The van der Waals surface area contributed by atoms with E-state index in [0.29, 0.717) is 27.7 Å². The predicted octanol–water partition coefficient (Wildman–Crippen LogP) is 4.22. The van der Waals surface area contributed by atoms with Crippen LogP contribution in [0, 0.1) is 12.7 Å². The molecule has 0 aliphatic carbocycles. The number of hydrogen-bond acceptors (Lipinski definition) is 5. The van der Waals surface area contributed by atoms with Crippen molar-refractivity contribution in [1.82, 2.24) is 9.55 Å². The number of benzene rings is 2. The minimum absolute atomic E-state index is 0.129. The number of carbonyl (C=O) groups is 1. The van der Waals surface area contributed by atoms with Crippen molar-refractivity contribution >= 4 is 26.7 Å². The number of carbonyl (C=O) groups excluding carboxylic acids is 1. The van der Waals surface area contributed by atoms with Crippen molar-refractivity contribution in [3.63, 3.8) is 0 Å². The number of methoxy groups -OCH3 is 1. The minimum Gasteiger partial charge on any atom is -0.468 e. The van der Waals surface area contributed by atoms with Gasteiger partial charge in [0.1, 0.15) is 17.6 Å². The molecule has 8 heteroatoms. The van der Waals surface area contributed by atoms with Crippen LogP contribution < -0.4 is 0 Å². The summed E-state index contributed by atoms with van der Waals surface area (Å²) in [6, 6.07) is 15.6. The maximum absolute atomic E-state index is 14.3. The molecule has 0 amide bonds. The van der Waals surface area contributed by atoms with Crippen LogP contribution in [0.3, 0.4) is 0 Å². The van der Waals surface area contributed by atoms with E-state index >= 15 is 0 Å². The molecule has 0 spiro atoms. The van der Waals surface area contributed by atoms with E-state index in [-0.39, 0.29) is 11.4 Å². The van der Waals surface area contributed by atoms with Gasteiger partial charge in [-0.3, -0.25) is 9.78 Å². The molecular formula is C24H21FN2O4S. The largest absolute Gasteiger partial charge is 0.468 e. The normalized spacial score (nSPS) is 12.6. The molecular weight excluding hydrogens is 431 g/mol. The SMILES string of the molecule is COC(=O)Cn1c(C)c(C(c2cccnc2)S(=O)(=O)c2ccccc2)c2cc(F)ccc21. The van der Waals surface area contributed by atoms with E-state index in [1.165, 1.54) is 37.6 Å². The summed E-state index contributed by atoms with van der Waals surface area (Å²) in [5, 5.41) is -0.735. The van der Waals surface area contributed by atoms with Crippen LogP contribution in [0.15, 0.2) is 78.0 Å². The average Bonchev–Trinajstić information content (AvgIpc) is 3.05. The highest BCUT2D eigenvalue weighted by molar-refractivity contribution is 7.92. The molecule has 2 aromatic heterocycles. The van der Waals surface area contributed by atoms with Crippen molar-refractivity contribution in [2.24, 2.45) is 0 Å². The number of ether oxygens (including phenoxy) is 1. The maximum atomic E-state index is 14.3. The number of esters is 1. The molecule has 4 aromatic rings. The quantitative estimate of drug-likeness (QED) is 0.409. The monoisotopic (exact) mass is 452 g/mol. The number of rotatable bonds is 6. The van der Waals surface area contributed by atoms with Crippen molar-refractivity contribution in [2.45, 2.75) is 23.6 Å². The summed E-state index contributed by atoms with van der Waals surface area (Å²) in [5.41, 5.74) is 1.92. The van der Waals surface area contributed by atoms with Gasteiger partial charge < -0.3 is 9.30 Å². The number of aromatic nitrogens is 2. The Morgan fingerprint density at radius 2 is 1.88 bits per heavy atom. The van der Waals surface area contributed by atoms with E-state index in [0.717, 1.165) is 0 Å². The van der Waals surface area contributed by atoms with Crippen molar-refractivity contribution in [1.29, 1.82) is 0 Å². The minimum atomic E-state index is -3.95. The molecule has 0 radical (unpaired) electrons. The fraction of sp³-hybridized carbons (Fsp3) is 0.167. The van der Waals surface area contributed by atoms with Gasteiger partial charge in [0.25, 0.3) is 0 Å². The zero-order chi connectivity index (χ0) is 22.9. The first-order chi connectivity index (χ1) is 15.3. The van der Waals surface area contributed by atoms with Crippen molar-refractivity contribution in [3.05, 3.63) is 95.7 Å². The zero-order valence-corrected chi connectivity index (χ0v) is 18.3. The first-order valence-corrected chi connectivity index (χ1v) is 11.4. The van der Waals surface area contributed by atoms with Gasteiger partial charge in [-0.15, -0.1) is 0 Å². The van der Waals surface area contributed by atoms with Crippen molar-refractivity contribution in [2.75, 3.05) is 7.11 Å². The summed E-state index contributed by atoms with van der Waals surface area (Å²) in [6.07, 6.45) is 3.05. The molecule has 0 fully saturated rings. The number of fused-ring (bicyclic) bond motifs is 1. The maximum Gasteiger partial charge on any atom is 0.325 e. The van der Waals surface area contributed by atoms with Crippen LogP contribution in [0.4, 0.5) is 4.39 Å². The molecule has 0 aliphatic rings. The molecule has 0 saturated carbocycles. The van der Waals surface area contributed by atoms with Gasteiger partial charge in [0.05, 0.1) is 12.0 Å². The second-order valence-electron chi connectivity index (χ2n) is 7.35. The van der Waals surface area contributed by atoms with E-state index in [1.807, 2.05) is 0 Å². The standard InChI is InChI=1S/C24H21FN2O4S/c1-16-23(20-13-18(25)10-11-21(20)27(16)15-22(28)31-2)24(17-7-6-12-26-14-17)32(29,30)19-8-4-3-5-9-19/h3-14,24H,15H2,1-2H3. The summed E-state index contributed by atoms with van der Waals surface area (Å²) in [4.78, 5) is 16.3. The Morgan fingerprint density at radius 1 is 1.12 bits per heavy atom. The van der Waals surface area contributed by atoms with Crippen LogP contribution in [0.2, 0.25) is 0 Å². The molecule has 1 unspecified atom stereocenters. The van der Waals surface area contributed by atoms with Gasteiger partial charge >= 0.3 is 5.97 Å².